The van der Waals surface area contributed by atoms with Crippen molar-refractivity contribution in [3.8, 4) is 11.4 Å². The predicted octanol–water partition coefficient (Wildman–Crippen LogP) is 2.66. The lowest BCUT2D eigenvalue weighted by atomic mass is 10.2. The Hall–Kier alpha value is -2.69. The molecule has 0 saturated heterocycles. The van der Waals surface area contributed by atoms with Crippen LogP contribution in [-0.4, -0.2) is 27.6 Å². The number of hydrogen-bond acceptors (Lipinski definition) is 4. The molecule has 0 aliphatic rings. The van der Waals surface area contributed by atoms with Crippen molar-refractivity contribution < 1.29 is 9.53 Å². The highest BCUT2D eigenvalue weighted by atomic mass is 16.5. The molecule has 0 atom stereocenters. The molecule has 0 aliphatic carbocycles. The standard InChI is InChI=1S/C16H15N3O2/c1-21-15(20)7-10-19-14(13-6-2-3-8-17-13)11-12-5-4-9-18-16(12)19/h2-6,8-9,11H,7,10H2,1H3. The minimum Gasteiger partial charge on any atom is -0.469 e. The van der Waals surface area contributed by atoms with Crippen molar-refractivity contribution in [2.75, 3.05) is 7.11 Å². The van der Waals surface area contributed by atoms with Crippen LogP contribution < -0.4 is 0 Å². The third kappa shape index (κ3) is 2.63. The number of hydrogen-bond donors (Lipinski definition) is 0. The average Bonchev–Trinajstić information content (AvgIpc) is 2.92. The third-order valence-corrected chi connectivity index (χ3v) is 3.35. The molecule has 0 amide bonds. The molecule has 0 aliphatic heterocycles. The van der Waals surface area contributed by atoms with E-state index in [1.165, 1.54) is 7.11 Å². The normalized spacial score (nSPS) is 10.7. The first-order valence-electron chi connectivity index (χ1n) is 6.72. The van der Waals surface area contributed by atoms with Crippen LogP contribution in [-0.2, 0) is 16.1 Å². The van der Waals surface area contributed by atoms with Crippen LogP contribution in [0.2, 0.25) is 0 Å². The minimum atomic E-state index is -0.236. The monoisotopic (exact) mass is 281 g/mol. The maximum atomic E-state index is 11.4. The van der Waals surface area contributed by atoms with Gasteiger partial charge in [0, 0.05) is 24.3 Å². The first-order chi connectivity index (χ1) is 10.3. The Morgan fingerprint density at radius 2 is 2.05 bits per heavy atom. The van der Waals surface area contributed by atoms with Crippen molar-refractivity contribution in [3.05, 3.63) is 48.8 Å². The van der Waals surface area contributed by atoms with Gasteiger partial charge in [-0.2, -0.15) is 0 Å². The summed E-state index contributed by atoms with van der Waals surface area (Å²) in [5.74, 6) is -0.236. The van der Waals surface area contributed by atoms with E-state index >= 15 is 0 Å². The summed E-state index contributed by atoms with van der Waals surface area (Å²) in [6.07, 6.45) is 3.81. The van der Waals surface area contributed by atoms with Gasteiger partial charge in [-0.3, -0.25) is 9.78 Å². The molecule has 3 heterocycles. The number of carbonyl (C=O) groups is 1. The van der Waals surface area contributed by atoms with E-state index in [0.29, 0.717) is 13.0 Å². The fourth-order valence-corrected chi connectivity index (χ4v) is 2.34. The van der Waals surface area contributed by atoms with Gasteiger partial charge in [-0.15, -0.1) is 0 Å². The van der Waals surface area contributed by atoms with Gasteiger partial charge in [-0.25, -0.2) is 4.98 Å². The molecule has 0 bridgehead atoms. The van der Waals surface area contributed by atoms with Crippen LogP contribution in [0.15, 0.2) is 48.8 Å². The minimum absolute atomic E-state index is 0.236. The zero-order valence-electron chi connectivity index (χ0n) is 11.7. The van der Waals surface area contributed by atoms with Crippen molar-refractivity contribution in [1.82, 2.24) is 14.5 Å². The van der Waals surface area contributed by atoms with E-state index in [-0.39, 0.29) is 5.97 Å². The Kier molecular flexibility index (Phi) is 3.64. The lowest BCUT2D eigenvalue weighted by Crippen LogP contribution is -2.08. The number of methoxy groups -OCH3 is 1. The van der Waals surface area contributed by atoms with E-state index < -0.39 is 0 Å². The van der Waals surface area contributed by atoms with Crippen LogP contribution in [0, 0.1) is 0 Å². The fraction of sp³-hybridized carbons (Fsp3) is 0.188. The van der Waals surface area contributed by atoms with Gasteiger partial charge in [-0.1, -0.05) is 6.07 Å². The molecule has 0 aromatic carbocycles. The molecular formula is C16H15N3O2. The lowest BCUT2D eigenvalue weighted by Gasteiger charge is -2.09. The van der Waals surface area contributed by atoms with Crippen molar-refractivity contribution in [3.63, 3.8) is 0 Å². The van der Waals surface area contributed by atoms with Gasteiger partial charge >= 0.3 is 5.97 Å². The quantitative estimate of drug-likeness (QED) is 0.690. The molecule has 0 N–H and O–H groups in total. The predicted molar refractivity (Wildman–Crippen MR) is 79.6 cm³/mol. The van der Waals surface area contributed by atoms with Crippen LogP contribution in [0.1, 0.15) is 6.42 Å². The maximum absolute atomic E-state index is 11.4. The first-order valence-corrected chi connectivity index (χ1v) is 6.72. The molecule has 3 aromatic heterocycles. The molecule has 0 fully saturated rings. The summed E-state index contributed by atoms with van der Waals surface area (Å²) in [5.41, 5.74) is 2.66. The Bertz CT molecular complexity index is 766. The van der Waals surface area contributed by atoms with Gasteiger partial charge in [0.1, 0.15) is 5.65 Å². The molecule has 0 radical (unpaired) electrons. The van der Waals surface area contributed by atoms with E-state index in [0.717, 1.165) is 22.4 Å². The molecule has 21 heavy (non-hydrogen) atoms. The molecule has 106 valence electrons. The largest absolute Gasteiger partial charge is 0.469 e. The topological polar surface area (TPSA) is 57.0 Å². The number of rotatable bonds is 4. The summed E-state index contributed by atoms with van der Waals surface area (Å²) in [4.78, 5) is 20.2. The number of esters is 1. The smallest absolute Gasteiger partial charge is 0.307 e. The maximum Gasteiger partial charge on any atom is 0.307 e. The van der Waals surface area contributed by atoms with Crippen LogP contribution >= 0.6 is 0 Å². The summed E-state index contributed by atoms with van der Waals surface area (Å²) >= 11 is 0. The molecule has 5 heteroatoms. The van der Waals surface area contributed by atoms with Crippen LogP contribution in [0.4, 0.5) is 0 Å². The lowest BCUT2D eigenvalue weighted by molar-refractivity contribution is -0.140. The Labute approximate surface area is 122 Å². The zero-order valence-corrected chi connectivity index (χ0v) is 11.7. The summed E-state index contributed by atoms with van der Waals surface area (Å²) in [6, 6.07) is 11.7. The van der Waals surface area contributed by atoms with Crippen molar-refractivity contribution in [1.29, 1.82) is 0 Å². The Balaban J connectivity index is 2.08. The third-order valence-electron chi connectivity index (χ3n) is 3.35. The van der Waals surface area contributed by atoms with Gasteiger partial charge in [0.05, 0.1) is 24.9 Å². The molecule has 3 rings (SSSR count). The van der Waals surface area contributed by atoms with Gasteiger partial charge in [0.15, 0.2) is 0 Å². The van der Waals surface area contributed by atoms with Crippen LogP contribution in [0.5, 0.6) is 0 Å². The van der Waals surface area contributed by atoms with E-state index in [9.17, 15) is 4.79 Å². The Morgan fingerprint density at radius 1 is 1.19 bits per heavy atom. The summed E-state index contributed by atoms with van der Waals surface area (Å²) in [7, 11) is 1.40. The molecular weight excluding hydrogens is 266 g/mol. The second kappa shape index (κ2) is 5.75. The zero-order chi connectivity index (χ0) is 14.7. The highest BCUT2D eigenvalue weighted by Gasteiger charge is 2.13. The second-order valence-electron chi connectivity index (χ2n) is 4.64. The number of nitrogens with zero attached hydrogens (tertiary/aromatic N) is 3. The van der Waals surface area contributed by atoms with Gasteiger partial charge in [0.2, 0.25) is 0 Å². The van der Waals surface area contributed by atoms with Gasteiger partial charge < -0.3 is 9.30 Å². The van der Waals surface area contributed by atoms with E-state index in [1.807, 2.05) is 41.0 Å². The van der Waals surface area contributed by atoms with E-state index in [2.05, 4.69) is 9.97 Å². The van der Waals surface area contributed by atoms with E-state index in [4.69, 9.17) is 4.74 Å². The first kappa shape index (κ1) is 13.3. The number of pyridine rings is 2. The molecule has 3 aromatic rings. The highest BCUT2D eigenvalue weighted by molar-refractivity contribution is 5.83. The van der Waals surface area contributed by atoms with Crippen molar-refractivity contribution >= 4 is 17.0 Å². The molecule has 5 nitrogen and oxygen atoms in total. The SMILES string of the molecule is COC(=O)CCn1c(-c2ccccn2)cc2cccnc21. The van der Waals surface area contributed by atoms with Crippen molar-refractivity contribution in [2.45, 2.75) is 13.0 Å². The van der Waals surface area contributed by atoms with Crippen LogP contribution in [0.3, 0.4) is 0 Å². The second-order valence-corrected chi connectivity index (χ2v) is 4.64. The number of fused-ring (bicyclic) bond motifs is 1. The summed E-state index contributed by atoms with van der Waals surface area (Å²) in [6.45, 7) is 0.513. The van der Waals surface area contributed by atoms with E-state index in [1.54, 1.807) is 12.4 Å². The van der Waals surface area contributed by atoms with Gasteiger partial charge in [0.25, 0.3) is 0 Å². The number of carbonyl (C=O) groups excluding carboxylic acids is 1. The fourth-order valence-electron chi connectivity index (χ4n) is 2.34. The molecule has 0 unspecified atom stereocenters. The van der Waals surface area contributed by atoms with Crippen LogP contribution in [0.25, 0.3) is 22.4 Å². The number of ether oxygens (including phenoxy) is 1. The summed E-state index contributed by atoms with van der Waals surface area (Å²) in [5, 5.41) is 1.03. The summed E-state index contributed by atoms with van der Waals surface area (Å²) < 4.78 is 6.73. The highest BCUT2D eigenvalue weighted by Crippen LogP contribution is 2.25. The Morgan fingerprint density at radius 3 is 2.81 bits per heavy atom. The molecule has 0 spiro atoms. The number of aromatic nitrogens is 3. The molecule has 0 saturated carbocycles. The number of aryl methyl sites for hydroxylation is 1. The average molecular weight is 281 g/mol. The van der Waals surface area contributed by atoms with Gasteiger partial charge in [-0.05, 0) is 30.3 Å². The van der Waals surface area contributed by atoms with Crippen molar-refractivity contribution in [2.24, 2.45) is 0 Å².